The van der Waals surface area contributed by atoms with Crippen molar-refractivity contribution in [3.63, 3.8) is 0 Å². The molecule has 0 saturated carbocycles. The molecule has 0 aliphatic carbocycles. The maximum atomic E-state index is 11.0. The first kappa shape index (κ1) is 14.4. The molecule has 1 atom stereocenters. The summed E-state index contributed by atoms with van der Waals surface area (Å²) in [7, 11) is 3.37. The predicted octanol–water partition coefficient (Wildman–Crippen LogP) is 1.56. The van der Waals surface area contributed by atoms with E-state index in [2.05, 4.69) is 0 Å². The highest BCUT2D eigenvalue weighted by atomic mass is 16.6. The second-order valence-electron chi connectivity index (χ2n) is 4.15. The second-order valence-corrected chi connectivity index (χ2v) is 4.15. The number of anilines is 1. The summed E-state index contributed by atoms with van der Waals surface area (Å²) in [5, 5.41) is 20.1. The zero-order chi connectivity index (χ0) is 13.7. The van der Waals surface area contributed by atoms with Crippen molar-refractivity contribution >= 4 is 11.4 Å². The molecule has 0 heterocycles. The van der Waals surface area contributed by atoms with E-state index < -0.39 is 4.92 Å². The molecule has 6 heteroatoms. The normalized spacial score (nSPS) is 12.2. The van der Waals surface area contributed by atoms with Crippen LogP contribution in [0.2, 0.25) is 0 Å². The summed E-state index contributed by atoms with van der Waals surface area (Å²) in [5.74, 6) is 0. The second kappa shape index (κ2) is 6.32. The van der Waals surface area contributed by atoms with Crippen molar-refractivity contribution in [3.8, 4) is 0 Å². The van der Waals surface area contributed by atoms with Crippen LogP contribution in [0.1, 0.15) is 12.5 Å². The van der Waals surface area contributed by atoms with Crippen molar-refractivity contribution in [2.45, 2.75) is 19.6 Å². The minimum absolute atomic E-state index is 0.00740. The van der Waals surface area contributed by atoms with Crippen LogP contribution in [0.25, 0.3) is 0 Å². The van der Waals surface area contributed by atoms with Gasteiger partial charge in [0.1, 0.15) is 5.69 Å². The Morgan fingerprint density at radius 1 is 1.56 bits per heavy atom. The highest BCUT2D eigenvalue weighted by molar-refractivity contribution is 5.64. The number of hydrogen-bond acceptors (Lipinski definition) is 5. The van der Waals surface area contributed by atoms with E-state index >= 15 is 0 Å². The fourth-order valence-electron chi connectivity index (χ4n) is 1.70. The first-order valence-electron chi connectivity index (χ1n) is 5.61. The van der Waals surface area contributed by atoms with Gasteiger partial charge in [0.05, 0.1) is 18.1 Å². The third kappa shape index (κ3) is 3.18. The smallest absolute Gasteiger partial charge is 0.292 e. The van der Waals surface area contributed by atoms with Gasteiger partial charge in [-0.15, -0.1) is 0 Å². The number of benzene rings is 1. The fraction of sp³-hybridized carbons (Fsp3) is 0.500. The Labute approximate surface area is 106 Å². The third-order valence-electron chi connectivity index (χ3n) is 2.87. The highest BCUT2D eigenvalue weighted by Crippen LogP contribution is 2.29. The molecule has 0 radical (unpaired) electrons. The number of likely N-dealkylation sites (N-methyl/N-ethyl adjacent to an activating group) is 1. The molecule has 0 spiro atoms. The summed E-state index contributed by atoms with van der Waals surface area (Å²) in [5.41, 5.74) is 1.03. The Morgan fingerprint density at radius 3 is 2.72 bits per heavy atom. The van der Waals surface area contributed by atoms with Crippen LogP contribution in [0, 0.1) is 10.1 Å². The minimum atomic E-state index is -0.440. The molecule has 0 aliphatic rings. The van der Waals surface area contributed by atoms with Crippen molar-refractivity contribution in [1.29, 1.82) is 0 Å². The molecule has 0 fully saturated rings. The van der Waals surface area contributed by atoms with Crippen LogP contribution in [0.3, 0.4) is 0 Å². The number of nitro groups is 1. The summed E-state index contributed by atoms with van der Waals surface area (Å²) < 4.78 is 5.04. The number of methoxy groups -OCH3 is 1. The summed E-state index contributed by atoms with van der Waals surface area (Å²) in [6.07, 6.45) is 0. The van der Waals surface area contributed by atoms with Crippen LogP contribution in [0.15, 0.2) is 18.2 Å². The van der Waals surface area contributed by atoms with Crippen LogP contribution in [-0.2, 0) is 11.3 Å². The van der Waals surface area contributed by atoms with E-state index in [4.69, 9.17) is 9.84 Å². The van der Waals surface area contributed by atoms with Gasteiger partial charge in [-0.2, -0.15) is 0 Å². The van der Waals surface area contributed by atoms with Gasteiger partial charge in [-0.25, -0.2) is 0 Å². The van der Waals surface area contributed by atoms with Crippen molar-refractivity contribution in [3.05, 3.63) is 33.9 Å². The average molecular weight is 254 g/mol. The van der Waals surface area contributed by atoms with Gasteiger partial charge in [0.25, 0.3) is 5.69 Å². The maximum absolute atomic E-state index is 11.0. The molecule has 1 N–H and O–H groups in total. The lowest BCUT2D eigenvalue weighted by Crippen LogP contribution is -2.33. The molecule has 0 saturated heterocycles. The number of aliphatic hydroxyl groups is 1. The standard InChI is InChI=1S/C12H18N2O4/c1-9(8-18-3)13(2)11-5-4-10(7-15)6-12(11)14(16)17/h4-6,9,15H,7-8H2,1-3H3. The van der Waals surface area contributed by atoms with Gasteiger partial charge >= 0.3 is 0 Å². The van der Waals surface area contributed by atoms with E-state index in [9.17, 15) is 10.1 Å². The molecule has 6 nitrogen and oxygen atoms in total. The van der Waals surface area contributed by atoms with Crippen molar-refractivity contribution in [2.75, 3.05) is 25.7 Å². The molecule has 0 aromatic heterocycles. The zero-order valence-corrected chi connectivity index (χ0v) is 10.8. The summed E-state index contributed by atoms with van der Waals surface area (Å²) in [6.45, 7) is 2.20. The predicted molar refractivity (Wildman–Crippen MR) is 68.8 cm³/mol. The number of nitrogens with zero attached hydrogens (tertiary/aromatic N) is 2. The van der Waals surface area contributed by atoms with Gasteiger partial charge in [-0.05, 0) is 18.6 Å². The Hall–Kier alpha value is -1.66. The molecule has 1 rings (SSSR count). The van der Waals surface area contributed by atoms with Crippen LogP contribution in [-0.4, -0.2) is 36.8 Å². The van der Waals surface area contributed by atoms with Crippen LogP contribution in [0.5, 0.6) is 0 Å². The molecule has 1 aromatic rings. The number of ether oxygens (including phenoxy) is 1. The number of rotatable bonds is 6. The minimum Gasteiger partial charge on any atom is -0.392 e. The Bertz CT molecular complexity index is 423. The number of aliphatic hydroxyl groups excluding tert-OH is 1. The molecule has 1 unspecified atom stereocenters. The molecular weight excluding hydrogens is 236 g/mol. The van der Waals surface area contributed by atoms with Gasteiger partial charge in [-0.3, -0.25) is 10.1 Å². The summed E-state index contributed by atoms with van der Waals surface area (Å²) in [4.78, 5) is 12.4. The van der Waals surface area contributed by atoms with Crippen molar-refractivity contribution in [1.82, 2.24) is 0 Å². The first-order valence-corrected chi connectivity index (χ1v) is 5.61. The van der Waals surface area contributed by atoms with E-state index in [0.29, 0.717) is 17.9 Å². The number of hydrogen-bond donors (Lipinski definition) is 1. The van der Waals surface area contributed by atoms with Crippen molar-refractivity contribution < 1.29 is 14.8 Å². The molecule has 1 aromatic carbocycles. The lowest BCUT2D eigenvalue weighted by molar-refractivity contribution is -0.384. The Morgan fingerprint density at radius 2 is 2.22 bits per heavy atom. The quantitative estimate of drug-likeness (QED) is 0.616. The van der Waals surface area contributed by atoms with Gasteiger partial charge in [0, 0.05) is 26.3 Å². The van der Waals surface area contributed by atoms with Gasteiger partial charge in [-0.1, -0.05) is 6.07 Å². The molecule has 0 bridgehead atoms. The van der Waals surface area contributed by atoms with E-state index in [1.54, 1.807) is 31.2 Å². The van der Waals surface area contributed by atoms with Gasteiger partial charge in [0.15, 0.2) is 0 Å². The number of nitro benzene ring substituents is 1. The van der Waals surface area contributed by atoms with E-state index in [1.807, 2.05) is 6.92 Å². The van der Waals surface area contributed by atoms with Gasteiger partial charge in [0.2, 0.25) is 0 Å². The lowest BCUT2D eigenvalue weighted by Gasteiger charge is -2.26. The third-order valence-corrected chi connectivity index (χ3v) is 2.87. The van der Waals surface area contributed by atoms with Crippen LogP contribution >= 0.6 is 0 Å². The Kier molecular flexibility index (Phi) is 5.06. The molecular formula is C12H18N2O4. The van der Waals surface area contributed by atoms with E-state index in [-0.39, 0.29) is 18.3 Å². The molecule has 18 heavy (non-hydrogen) atoms. The fourth-order valence-corrected chi connectivity index (χ4v) is 1.70. The molecule has 0 aliphatic heterocycles. The SMILES string of the molecule is COCC(C)N(C)c1ccc(CO)cc1[N+](=O)[O-]. The molecule has 100 valence electrons. The van der Waals surface area contributed by atoms with Crippen LogP contribution < -0.4 is 4.90 Å². The van der Waals surface area contributed by atoms with Crippen LogP contribution in [0.4, 0.5) is 11.4 Å². The largest absolute Gasteiger partial charge is 0.392 e. The highest BCUT2D eigenvalue weighted by Gasteiger charge is 2.20. The van der Waals surface area contributed by atoms with E-state index in [0.717, 1.165) is 0 Å². The lowest BCUT2D eigenvalue weighted by atomic mass is 10.1. The Balaban J connectivity index is 3.10. The monoisotopic (exact) mass is 254 g/mol. The van der Waals surface area contributed by atoms with E-state index in [1.165, 1.54) is 6.07 Å². The topological polar surface area (TPSA) is 75.8 Å². The van der Waals surface area contributed by atoms with Gasteiger partial charge < -0.3 is 14.7 Å². The molecule has 0 amide bonds. The summed E-state index contributed by atoms with van der Waals surface area (Å²) in [6, 6.07) is 4.74. The maximum Gasteiger partial charge on any atom is 0.292 e. The van der Waals surface area contributed by atoms with Crippen molar-refractivity contribution in [2.24, 2.45) is 0 Å². The summed E-state index contributed by atoms with van der Waals surface area (Å²) >= 11 is 0. The zero-order valence-electron chi connectivity index (χ0n) is 10.8. The average Bonchev–Trinajstić information content (AvgIpc) is 2.37. The first-order chi connectivity index (χ1) is 8.51.